The number of carboxylic acids is 1. The van der Waals surface area contributed by atoms with Crippen molar-refractivity contribution in [3.8, 4) is 0 Å². The van der Waals surface area contributed by atoms with E-state index in [-0.39, 0.29) is 21.6 Å². The van der Waals surface area contributed by atoms with Gasteiger partial charge in [-0.05, 0) is 31.0 Å². The van der Waals surface area contributed by atoms with E-state index in [1.807, 2.05) is 0 Å². The number of rotatable bonds is 4. The number of benzene rings is 1. The minimum atomic E-state index is -2.98. The number of hydrogen-bond acceptors (Lipinski definition) is 4. The molecule has 0 bridgehead atoms. The molecule has 1 aromatic rings. The third-order valence-electron chi connectivity index (χ3n) is 3.20. The molecular formula is C12H14ClNO4S. The Kier molecular flexibility index (Phi) is 4.01. The second-order valence-corrected chi connectivity index (χ2v) is 7.32. The van der Waals surface area contributed by atoms with Crippen molar-refractivity contribution in [3.05, 3.63) is 28.8 Å². The zero-order valence-electron chi connectivity index (χ0n) is 10.1. The van der Waals surface area contributed by atoms with Crippen LogP contribution >= 0.6 is 11.6 Å². The number of carboxylic acid groups (broad SMARTS) is 1. The highest BCUT2D eigenvalue weighted by atomic mass is 35.5. The van der Waals surface area contributed by atoms with Crippen LogP contribution in [0.15, 0.2) is 18.2 Å². The topological polar surface area (TPSA) is 83.5 Å². The van der Waals surface area contributed by atoms with Gasteiger partial charge in [-0.1, -0.05) is 11.6 Å². The average Bonchev–Trinajstić information content (AvgIpc) is 2.65. The molecule has 1 aliphatic heterocycles. The smallest absolute Gasteiger partial charge is 0.337 e. The number of hydrogen-bond donors (Lipinski definition) is 2. The third-order valence-corrected chi connectivity index (χ3v) is 5.78. The van der Waals surface area contributed by atoms with Crippen molar-refractivity contribution < 1.29 is 18.3 Å². The summed E-state index contributed by atoms with van der Waals surface area (Å²) in [5.41, 5.74) is 0.651. The number of nitrogens with one attached hydrogen (secondary N) is 1. The van der Waals surface area contributed by atoms with Gasteiger partial charge in [-0.3, -0.25) is 0 Å². The Morgan fingerprint density at radius 2 is 2.21 bits per heavy atom. The lowest BCUT2D eigenvalue weighted by molar-refractivity contribution is 0.0697. The Morgan fingerprint density at radius 3 is 2.74 bits per heavy atom. The Morgan fingerprint density at radius 1 is 1.47 bits per heavy atom. The van der Waals surface area contributed by atoms with Crippen LogP contribution in [0.4, 0.5) is 5.69 Å². The molecule has 1 unspecified atom stereocenters. The van der Waals surface area contributed by atoms with Crippen LogP contribution in [-0.2, 0) is 9.84 Å². The summed E-state index contributed by atoms with van der Waals surface area (Å²) in [6.45, 7) is 0.324. The fourth-order valence-corrected chi connectivity index (χ4v) is 4.14. The number of sulfone groups is 1. The van der Waals surface area contributed by atoms with E-state index in [1.54, 1.807) is 6.07 Å². The molecule has 0 saturated carbocycles. The quantitative estimate of drug-likeness (QED) is 0.889. The monoisotopic (exact) mass is 303 g/mol. The molecule has 1 fully saturated rings. The van der Waals surface area contributed by atoms with Gasteiger partial charge in [-0.2, -0.15) is 0 Å². The molecule has 0 radical (unpaired) electrons. The van der Waals surface area contributed by atoms with E-state index < -0.39 is 15.8 Å². The molecule has 1 atom stereocenters. The van der Waals surface area contributed by atoms with Crippen LogP contribution in [0.2, 0.25) is 5.02 Å². The molecule has 0 spiro atoms. The highest BCUT2D eigenvalue weighted by Crippen LogP contribution is 2.23. The second kappa shape index (κ2) is 5.38. The van der Waals surface area contributed by atoms with Crippen LogP contribution in [0.3, 0.4) is 0 Å². The van der Waals surface area contributed by atoms with Crippen LogP contribution in [-0.4, -0.2) is 37.0 Å². The maximum absolute atomic E-state index is 11.6. The highest BCUT2D eigenvalue weighted by Gasteiger charge is 2.30. The minimum Gasteiger partial charge on any atom is -0.478 e. The Hall–Kier alpha value is -1.27. The van der Waals surface area contributed by atoms with Crippen molar-refractivity contribution in [1.82, 2.24) is 0 Å². The van der Waals surface area contributed by atoms with Gasteiger partial charge in [0, 0.05) is 12.2 Å². The molecule has 1 aromatic carbocycles. The van der Waals surface area contributed by atoms with Gasteiger partial charge in [0.05, 0.1) is 21.6 Å². The minimum absolute atomic E-state index is 0.0284. The van der Waals surface area contributed by atoms with Gasteiger partial charge < -0.3 is 10.4 Å². The Bertz CT molecular complexity index is 600. The molecule has 2 rings (SSSR count). The third kappa shape index (κ3) is 3.19. The van der Waals surface area contributed by atoms with Crippen molar-refractivity contribution in [2.24, 2.45) is 0 Å². The summed E-state index contributed by atoms with van der Waals surface area (Å²) in [7, 11) is -2.98. The van der Waals surface area contributed by atoms with Crippen molar-refractivity contribution >= 4 is 33.1 Å². The summed E-state index contributed by atoms with van der Waals surface area (Å²) in [5.74, 6) is -0.840. The lowest BCUT2D eigenvalue weighted by Crippen LogP contribution is -2.25. The molecule has 2 N–H and O–H groups in total. The summed E-state index contributed by atoms with van der Waals surface area (Å²) in [4.78, 5) is 10.8. The van der Waals surface area contributed by atoms with E-state index in [2.05, 4.69) is 5.32 Å². The van der Waals surface area contributed by atoms with Crippen LogP contribution in [0.1, 0.15) is 23.2 Å². The zero-order valence-corrected chi connectivity index (χ0v) is 11.7. The molecule has 0 amide bonds. The Balaban J connectivity index is 2.05. The molecule has 1 heterocycles. The van der Waals surface area contributed by atoms with Gasteiger partial charge in [0.1, 0.15) is 0 Å². The van der Waals surface area contributed by atoms with E-state index >= 15 is 0 Å². The predicted molar refractivity (Wildman–Crippen MR) is 73.7 cm³/mol. The summed E-state index contributed by atoms with van der Waals surface area (Å²) in [5, 5.41) is 11.6. The van der Waals surface area contributed by atoms with Crippen molar-refractivity contribution in [1.29, 1.82) is 0 Å². The molecule has 0 aromatic heterocycles. The lowest BCUT2D eigenvalue weighted by atomic mass is 10.2. The van der Waals surface area contributed by atoms with Crippen LogP contribution < -0.4 is 5.32 Å². The van der Waals surface area contributed by atoms with E-state index in [1.165, 1.54) is 12.1 Å². The van der Waals surface area contributed by atoms with Gasteiger partial charge >= 0.3 is 5.97 Å². The van der Waals surface area contributed by atoms with E-state index in [4.69, 9.17) is 16.7 Å². The molecule has 104 valence electrons. The number of halogens is 1. The molecule has 1 saturated heterocycles. The summed E-state index contributed by atoms with van der Waals surface area (Å²) in [6, 6.07) is 4.47. The highest BCUT2D eigenvalue weighted by molar-refractivity contribution is 7.92. The van der Waals surface area contributed by atoms with Gasteiger partial charge in [0.15, 0.2) is 9.84 Å². The van der Waals surface area contributed by atoms with E-state index in [0.717, 1.165) is 0 Å². The first kappa shape index (κ1) is 14.1. The zero-order chi connectivity index (χ0) is 14.0. The lowest BCUT2D eigenvalue weighted by Gasteiger charge is -2.12. The maximum atomic E-state index is 11.6. The van der Waals surface area contributed by atoms with Crippen LogP contribution in [0, 0.1) is 0 Å². The fourth-order valence-electron chi connectivity index (χ4n) is 2.12. The van der Waals surface area contributed by atoms with E-state index in [0.29, 0.717) is 25.1 Å². The molecule has 1 aliphatic rings. The first-order chi connectivity index (χ1) is 8.90. The summed E-state index contributed by atoms with van der Waals surface area (Å²) < 4.78 is 23.3. The molecule has 7 heteroatoms. The van der Waals surface area contributed by atoms with Gasteiger partial charge in [0.25, 0.3) is 0 Å². The van der Waals surface area contributed by atoms with Crippen LogP contribution in [0.5, 0.6) is 0 Å². The average molecular weight is 304 g/mol. The fraction of sp³-hybridized carbons (Fsp3) is 0.417. The van der Waals surface area contributed by atoms with Crippen molar-refractivity contribution in [2.75, 3.05) is 17.6 Å². The maximum Gasteiger partial charge on any atom is 0.337 e. The predicted octanol–water partition coefficient (Wildman–Crippen LogP) is 2.03. The number of aromatic carboxylic acids is 1. The van der Waals surface area contributed by atoms with Crippen molar-refractivity contribution in [3.63, 3.8) is 0 Å². The first-order valence-electron chi connectivity index (χ1n) is 5.88. The molecule has 19 heavy (non-hydrogen) atoms. The normalized spacial score (nSPS) is 21.2. The van der Waals surface area contributed by atoms with E-state index in [9.17, 15) is 13.2 Å². The first-order valence-corrected chi connectivity index (χ1v) is 7.98. The number of anilines is 1. The Labute approximate surface area is 116 Å². The van der Waals surface area contributed by atoms with Crippen LogP contribution in [0.25, 0.3) is 0 Å². The number of carbonyl (C=O) groups is 1. The largest absolute Gasteiger partial charge is 0.478 e. The summed E-state index contributed by atoms with van der Waals surface area (Å²) >= 11 is 5.84. The van der Waals surface area contributed by atoms with Gasteiger partial charge in [-0.15, -0.1) is 0 Å². The standard InChI is InChI=1S/C12H14ClNO4S/c13-11-6-8(3-4-10(11)12(15)16)14-7-9-2-1-5-19(9,17)18/h3-4,6,9,14H,1-2,5,7H2,(H,15,16). The second-order valence-electron chi connectivity index (χ2n) is 4.51. The molecule has 0 aliphatic carbocycles. The van der Waals surface area contributed by atoms with Crippen molar-refractivity contribution in [2.45, 2.75) is 18.1 Å². The SMILES string of the molecule is O=C(O)c1ccc(NCC2CCCS2(=O)=O)cc1Cl. The van der Waals surface area contributed by atoms with Gasteiger partial charge in [-0.25, -0.2) is 13.2 Å². The molecule has 5 nitrogen and oxygen atoms in total. The van der Waals surface area contributed by atoms with Gasteiger partial charge in [0.2, 0.25) is 0 Å². The molecular weight excluding hydrogens is 290 g/mol. The summed E-state index contributed by atoms with van der Waals surface area (Å²) in [6.07, 6.45) is 1.36.